The first-order chi connectivity index (χ1) is 9.26. The molecule has 0 spiro atoms. The third-order valence-corrected chi connectivity index (χ3v) is 4.24. The van der Waals surface area contributed by atoms with Gasteiger partial charge in [-0.2, -0.15) is 0 Å². The van der Waals surface area contributed by atoms with Crippen LogP contribution in [0.1, 0.15) is 12.0 Å². The first-order valence-electron chi connectivity index (χ1n) is 5.76. The van der Waals surface area contributed by atoms with Crippen molar-refractivity contribution in [3.63, 3.8) is 0 Å². The molecule has 0 aliphatic carbocycles. The molecule has 112 valence electrons. The molecule has 1 rings (SSSR count). The molecule has 6 nitrogen and oxygen atoms in total. The van der Waals surface area contributed by atoms with E-state index in [0.29, 0.717) is 5.56 Å². The maximum atomic E-state index is 13.1. The summed E-state index contributed by atoms with van der Waals surface area (Å²) in [5.74, 6) is -1.76. The van der Waals surface area contributed by atoms with E-state index in [1.54, 1.807) is 6.92 Å². The third-order valence-electron chi connectivity index (χ3n) is 2.68. The standard InChI is InChI=1S/C12H16FNO5S/c1-8-3-4-9(13)5-11(8)20(17,18)14-7-10(19-2)6-12(15)16/h3-5,10,14H,6-7H2,1-2H3,(H,15,16). The number of sulfonamides is 1. The Hall–Kier alpha value is -1.51. The molecule has 0 aromatic heterocycles. The number of carboxylic acids is 1. The predicted molar refractivity (Wildman–Crippen MR) is 69.4 cm³/mol. The summed E-state index contributed by atoms with van der Waals surface area (Å²) in [7, 11) is -2.63. The molecule has 1 atom stereocenters. The van der Waals surface area contributed by atoms with Gasteiger partial charge in [-0.05, 0) is 24.6 Å². The zero-order valence-electron chi connectivity index (χ0n) is 11.1. The Morgan fingerprint density at radius 2 is 2.15 bits per heavy atom. The molecule has 1 aromatic carbocycles. The van der Waals surface area contributed by atoms with Gasteiger partial charge in [-0.3, -0.25) is 4.79 Å². The first kappa shape index (κ1) is 16.5. The Morgan fingerprint density at radius 3 is 2.70 bits per heavy atom. The lowest BCUT2D eigenvalue weighted by atomic mass is 10.2. The van der Waals surface area contributed by atoms with E-state index in [4.69, 9.17) is 9.84 Å². The van der Waals surface area contributed by atoms with Crippen LogP contribution in [0.5, 0.6) is 0 Å². The van der Waals surface area contributed by atoms with E-state index in [-0.39, 0.29) is 17.9 Å². The molecule has 1 unspecified atom stereocenters. The molecule has 2 N–H and O–H groups in total. The van der Waals surface area contributed by atoms with Crippen molar-refractivity contribution in [2.75, 3.05) is 13.7 Å². The Bertz CT molecular complexity index is 588. The smallest absolute Gasteiger partial charge is 0.306 e. The summed E-state index contributed by atoms with van der Waals surface area (Å²) >= 11 is 0. The van der Waals surface area contributed by atoms with E-state index in [0.717, 1.165) is 12.1 Å². The summed E-state index contributed by atoms with van der Waals surface area (Å²) in [6.07, 6.45) is -1.13. The monoisotopic (exact) mass is 305 g/mol. The van der Waals surface area contributed by atoms with Crippen molar-refractivity contribution in [3.05, 3.63) is 29.6 Å². The summed E-state index contributed by atoms with van der Waals surface area (Å²) in [6, 6.07) is 3.43. The Morgan fingerprint density at radius 1 is 1.50 bits per heavy atom. The zero-order chi connectivity index (χ0) is 15.3. The minimum absolute atomic E-state index is 0.178. The predicted octanol–water partition coefficient (Wildman–Crippen LogP) is 0.902. The van der Waals surface area contributed by atoms with E-state index >= 15 is 0 Å². The minimum Gasteiger partial charge on any atom is -0.481 e. The number of carboxylic acid groups (broad SMARTS) is 1. The largest absolute Gasteiger partial charge is 0.481 e. The molecule has 8 heteroatoms. The van der Waals surface area contributed by atoms with Crippen LogP contribution in [-0.2, 0) is 19.6 Å². The summed E-state index contributed by atoms with van der Waals surface area (Å²) < 4.78 is 44.3. The first-order valence-corrected chi connectivity index (χ1v) is 7.25. The number of halogens is 1. The number of methoxy groups -OCH3 is 1. The fourth-order valence-corrected chi connectivity index (χ4v) is 2.90. The molecule has 0 heterocycles. The molecule has 0 fully saturated rings. The number of aliphatic carboxylic acids is 1. The highest BCUT2D eigenvalue weighted by Crippen LogP contribution is 2.16. The van der Waals surface area contributed by atoms with Crippen molar-refractivity contribution in [3.8, 4) is 0 Å². The lowest BCUT2D eigenvalue weighted by molar-refractivity contribution is -0.139. The molecule has 0 radical (unpaired) electrons. The number of ether oxygens (including phenoxy) is 1. The summed E-state index contributed by atoms with van der Waals surface area (Å²) in [6.45, 7) is 1.33. The molecule has 20 heavy (non-hydrogen) atoms. The third kappa shape index (κ3) is 4.55. The average molecular weight is 305 g/mol. The Kier molecular flexibility index (Phi) is 5.61. The van der Waals surface area contributed by atoms with Gasteiger partial charge in [0, 0.05) is 13.7 Å². The topological polar surface area (TPSA) is 92.7 Å². The molecule has 0 aliphatic heterocycles. The number of hydrogen-bond donors (Lipinski definition) is 2. The van der Waals surface area contributed by atoms with Gasteiger partial charge in [-0.25, -0.2) is 17.5 Å². The second-order valence-electron chi connectivity index (χ2n) is 4.22. The average Bonchev–Trinajstić information content (AvgIpc) is 2.36. The molecule has 0 aliphatic rings. The van der Waals surface area contributed by atoms with E-state index < -0.39 is 27.9 Å². The maximum absolute atomic E-state index is 13.1. The second kappa shape index (κ2) is 6.78. The normalized spacial score (nSPS) is 13.2. The molecule has 0 saturated heterocycles. The number of hydrogen-bond acceptors (Lipinski definition) is 4. The number of benzene rings is 1. The van der Waals surface area contributed by atoms with Gasteiger partial charge in [0.05, 0.1) is 17.4 Å². The number of nitrogens with one attached hydrogen (secondary N) is 1. The van der Waals surface area contributed by atoms with Crippen molar-refractivity contribution in [2.24, 2.45) is 0 Å². The van der Waals surface area contributed by atoms with Gasteiger partial charge in [0.2, 0.25) is 10.0 Å². The fourth-order valence-electron chi connectivity index (χ4n) is 1.58. The van der Waals surface area contributed by atoms with Crippen LogP contribution < -0.4 is 4.72 Å². The second-order valence-corrected chi connectivity index (χ2v) is 5.95. The van der Waals surface area contributed by atoms with Crippen LogP contribution in [-0.4, -0.2) is 39.3 Å². The van der Waals surface area contributed by atoms with Crippen LogP contribution in [0.25, 0.3) is 0 Å². The van der Waals surface area contributed by atoms with Crippen LogP contribution in [0.4, 0.5) is 4.39 Å². The highest BCUT2D eigenvalue weighted by atomic mass is 32.2. The van der Waals surface area contributed by atoms with Crippen LogP contribution >= 0.6 is 0 Å². The highest BCUT2D eigenvalue weighted by Gasteiger charge is 2.20. The van der Waals surface area contributed by atoms with Gasteiger partial charge in [0.25, 0.3) is 0 Å². The van der Waals surface area contributed by atoms with Gasteiger partial charge < -0.3 is 9.84 Å². The SMILES string of the molecule is COC(CNS(=O)(=O)c1cc(F)ccc1C)CC(=O)O. The maximum Gasteiger partial charge on any atom is 0.306 e. The number of carbonyl (C=O) groups is 1. The minimum atomic E-state index is -3.92. The molecular weight excluding hydrogens is 289 g/mol. The van der Waals surface area contributed by atoms with E-state index in [9.17, 15) is 17.6 Å². The molecule has 0 saturated carbocycles. The highest BCUT2D eigenvalue weighted by molar-refractivity contribution is 7.89. The molecule has 0 amide bonds. The van der Waals surface area contributed by atoms with Gasteiger partial charge in [-0.1, -0.05) is 6.07 Å². The van der Waals surface area contributed by atoms with Crippen molar-refractivity contribution in [1.82, 2.24) is 4.72 Å². The quantitative estimate of drug-likeness (QED) is 0.781. The van der Waals surface area contributed by atoms with Crippen molar-refractivity contribution in [1.29, 1.82) is 0 Å². The summed E-state index contributed by atoms with van der Waals surface area (Å²) in [5, 5.41) is 8.64. The van der Waals surface area contributed by atoms with Gasteiger partial charge in [0.15, 0.2) is 0 Å². The van der Waals surface area contributed by atoms with E-state index in [1.807, 2.05) is 0 Å². The zero-order valence-corrected chi connectivity index (χ0v) is 11.9. The van der Waals surface area contributed by atoms with Crippen LogP contribution in [0.3, 0.4) is 0 Å². The molecular formula is C12H16FNO5S. The van der Waals surface area contributed by atoms with Crippen molar-refractivity contribution in [2.45, 2.75) is 24.3 Å². The van der Waals surface area contributed by atoms with E-state index in [2.05, 4.69) is 4.72 Å². The lowest BCUT2D eigenvalue weighted by Gasteiger charge is -2.15. The number of aryl methyl sites for hydroxylation is 1. The van der Waals surface area contributed by atoms with Gasteiger partial charge in [-0.15, -0.1) is 0 Å². The summed E-state index contributed by atoms with van der Waals surface area (Å²) in [4.78, 5) is 10.4. The van der Waals surface area contributed by atoms with Crippen LogP contribution in [0.2, 0.25) is 0 Å². The van der Waals surface area contributed by atoms with Crippen molar-refractivity contribution >= 4 is 16.0 Å². The fraction of sp³-hybridized carbons (Fsp3) is 0.417. The number of rotatable bonds is 7. The molecule has 0 bridgehead atoms. The van der Waals surface area contributed by atoms with Crippen LogP contribution in [0.15, 0.2) is 23.1 Å². The van der Waals surface area contributed by atoms with Gasteiger partial charge >= 0.3 is 5.97 Å². The lowest BCUT2D eigenvalue weighted by Crippen LogP contribution is -2.34. The summed E-state index contributed by atoms with van der Waals surface area (Å²) in [5.41, 5.74) is 0.395. The Balaban J connectivity index is 2.84. The Labute approximate surface area is 116 Å². The van der Waals surface area contributed by atoms with E-state index in [1.165, 1.54) is 13.2 Å². The molecule has 1 aromatic rings. The van der Waals surface area contributed by atoms with Gasteiger partial charge in [0.1, 0.15) is 5.82 Å². The van der Waals surface area contributed by atoms with Crippen molar-refractivity contribution < 1.29 is 27.4 Å². The van der Waals surface area contributed by atoms with Crippen LogP contribution in [0, 0.1) is 12.7 Å².